The molecule has 1 heterocycles. The van der Waals surface area contributed by atoms with Gasteiger partial charge < -0.3 is 14.4 Å². The van der Waals surface area contributed by atoms with Crippen LogP contribution in [-0.4, -0.2) is 42.5 Å². The van der Waals surface area contributed by atoms with Crippen molar-refractivity contribution < 1.29 is 23.9 Å². The van der Waals surface area contributed by atoms with Crippen LogP contribution in [-0.2, 0) is 23.9 Å². The summed E-state index contributed by atoms with van der Waals surface area (Å²) in [6, 6.07) is 7.68. The third-order valence-electron chi connectivity index (χ3n) is 4.41. The van der Waals surface area contributed by atoms with Gasteiger partial charge in [0.25, 0.3) is 0 Å². The van der Waals surface area contributed by atoms with Crippen LogP contribution in [0.2, 0.25) is 0 Å². The highest BCUT2D eigenvalue weighted by molar-refractivity contribution is 5.96. The highest BCUT2D eigenvalue weighted by Gasteiger charge is 2.37. The Kier molecular flexibility index (Phi) is 6.93. The average molecular weight is 371 g/mol. The summed E-state index contributed by atoms with van der Waals surface area (Å²) in [5, 5.41) is 0. The number of aryl methyl sites for hydroxylation is 1. The standard InChI is InChI=1S/C21H25NO5/c1-5-10-27-21(25)20-15(4)22(13-19(24)26-6-2)18(23)12-17(20)16-9-7-8-14(3)11-16/h5,7-9,11,17H,1,6,10,12-13H2,2-4H3/t17-/m0/s1. The highest BCUT2D eigenvalue weighted by Crippen LogP contribution is 2.37. The van der Waals surface area contributed by atoms with Gasteiger partial charge in [0, 0.05) is 18.0 Å². The molecule has 1 aromatic rings. The highest BCUT2D eigenvalue weighted by atomic mass is 16.5. The van der Waals surface area contributed by atoms with E-state index in [1.807, 2.05) is 31.2 Å². The van der Waals surface area contributed by atoms with Crippen LogP contribution >= 0.6 is 0 Å². The van der Waals surface area contributed by atoms with Crippen LogP contribution in [0.3, 0.4) is 0 Å². The number of hydrogen-bond acceptors (Lipinski definition) is 5. The fourth-order valence-electron chi connectivity index (χ4n) is 3.19. The van der Waals surface area contributed by atoms with E-state index in [-0.39, 0.29) is 32.1 Å². The zero-order valence-corrected chi connectivity index (χ0v) is 16.0. The SMILES string of the molecule is C=CCOC(=O)C1=C(C)N(CC(=O)OCC)C(=O)C[C@H]1c1cccc(C)c1. The molecule has 0 aromatic heterocycles. The third kappa shape index (κ3) is 4.84. The number of rotatable bonds is 7. The number of nitrogens with zero attached hydrogens (tertiary/aromatic N) is 1. The third-order valence-corrected chi connectivity index (χ3v) is 4.41. The first-order chi connectivity index (χ1) is 12.9. The van der Waals surface area contributed by atoms with Crippen molar-refractivity contribution in [2.75, 3.05) is 19.8 Å². The van der Waals surface area contributed by atoms with Crippen LogP contribution in [0.4, 0.5) is 0 Å². The number of esters is 2. The molecule has 0 spiro atoms. The zero-order valence-electron chi connectivity index (χ0n) is 16.0. The second-order valence-electron chi connectivity index (χ2n) is 6.34. The molecule has 0 saturated carbocycles. The Morgan fingerprint density at radius 3 is 2.67 bits per heavy atom. The van der Waals surface area contributed by atoms with Crippen molar-refractivity contribution >= 4 is 17.8 Å². The number of hydrogen-bond donors (Lipinski definition) is 0. The molecule has 1 aromatic carbocycles. The Bertz CT molecular complexity index is 781. The summed E-state index contributed by atoms with van der Waals surface area (Å²) in [5.41, 5.74) is 2.70. The second kappa shape index (κ2) is 9.16. The summed E-state index contributed by atoms with van der Waals surface area (Å²) in [7, 11) is 0. The van der Waals surface area contributed by atoms with Crippen molar-refractivity contribution in [2.24, 2.45) is 0 Å². The summed E-state index contributed by atoms with van der Waals surface area (Å²) in [4.78, 5) is 38.6. The summed E-state index contributed by atoms with van der Waals surface area (Å²) in [5.74, 6) is -1.68. The number of allylic oxidation sites excluding steroid dienone is 1. The fourth-order valence-corrected chi connectivity index (χ4v) is 3.19. The lowest BCUT2D eigenvalue weighted by Crippen LogP contribution is -2.41. The number of amides is 1. The van der Waals surface area contributed by atoms with Crippen molar-refractivity contribution in [3.05, 3.63) is 59.3 Å². The van der Waals surface area contributed by atoms with E-state index in [4.69, 9.17) is 9.47 Å². The van der Waals surface area contributed by atoms with Gasteiger partial charge in [0.15, 0.2) is 0 Å². The molecule has 1 aliphatic heterocycles. The molecular weight excluding hydrogens is 346 g/mol. The molecule has 0 radical (unpaired) electrons. The number of carbonyl (C=O) groups is 3. The van der Waals surface area contributed by atoms with Crippen molar-refractivity contribution in [1.82, 2.24) is 4.90 Å². The maximum Gasteiger partial charge on any atom is 0.336 e. The first kappa shape index (κ1) is 20.4. The average Bonchev–Trinajstić information content (AvgIpc) is 2.63. The molecule has 0 N–H and O–H groups in total. The molecule has 1 amide bonds. The first-order valence-electron chi connectivity index (χ1n) is 8.90. The maximum atomic E-state index is 12.7. The fraction of sp³-hybridized carbons (Fsp3) is 0.381. The van der Waals surface area contributed by atoms with Gasteiger partial charge in [-0.05, 0) is 26.3 Å². The van der Waals surface area contributed by atoms with Crippen molar-refractivity contribution in [3.8, 4) is 0 Å². The minimum atomic E-state index is -0.516. The van der Waals surface area contributed by atoms with Crippen LogP contribution in [0, 0.1) is 6.92 Å². The molecule has 1 aliphatic rings. The van der Waals surface area contributed by atoms with Crippen LogP contribution in [0.1, 0.15) is 37.3 Å². The van der Waals surface area contributed by atoms with Crippen LogP contribution in [0.15, 0.2) is 48.2 Å². The number of ether oxygens (including phenoxy) is 2. The van der Waals surface area contributed by atoms with Gasteiger partial charge in [-0.1, -0.05) is 42.5 Å². The number of benzene rings is 1. The van der Waals surface area contributed by atoms with E-state index < -0.39 is 17.9 Å². The van der Waals surface area contributed by atoms with E-state index in [0.717, 1.165) is 11.1 Å². The zero-order chi connectivity index (χ0) is 20.0. The van der Waals surface area contributed by atoms with Crippen molar-refractivity contribution in [3.63, 3.8) is 0 Å². The molecule has 0 bridgehead atoms. The van der Waals surface area contributed by atoms with Gasteiger partial charge >= 0.3 is 11.9 Å². The minimum Gasteiger partial charge on any atom is -0.465 e. The summed E-state index contributed by atoms with van der Waals surface area (Å²) in [6.07, 6.45) is 1.57. The van der Waals surface area contributed by atoms with Crippen LogP contribution in [0.5, 0.6) is 0 Å². The van der Waals surface area contributed by atoms with E-state index in [0.29, 0.717) is 11.3 Å². The van der Waals surface area contributed by atoms with Gasteiger partial charge in [0.1, 0.15) is 13.2 Å². The molecule has 144 valence electrons. The van der Waals surface area contributed by atoms with Crippen LogP contribution in [0.25, 0.3) is 0 Å². The number of carbonyl (C=O) groups excluding carboxylic acids is 3. The molecule has 0 saturated heterocycles. The van der Waals surface area contributed by atoms with Gasteiger partial charge in [0.2, 0.25) is 5.91 Å². The van der Waals surface area contributed by atoms with Gasteiger partial charge in [-0.3, -0.25) is 9.59 Å². The molecule has 0 fully saturated rings. The quantitative estimate of drug-likeness (QED) is 0.544. The predicted molar refractivity (Wildman–Crippen MR) is 101 cm³/mol. The summed E-state index contributed by atoms with van der Waals surface area (Å²) < 4.78 is 10.2. The molecule has 0 aliphatic carbocycles. The van der Waals surface area contributed by atoms with E-state index in [2.05, 4.69) is 6.58 Å². The Hall–Kier alpha value is -2.89. The van der Waals surface area contributed by atoms with E-state index in [1.165, 1.54) is 11.0 Å². The lowest BCUT2D eigenvalue weighted by Gasteiger charge is -2.34. The first-order valence-corrected chi connectivity index (χ1v) is 8.90. The van der Waals surface area contributed by atoms with Gasteiger partial charge in [-0.15, -0.1) is 0 Å². The van der Waals surface area contributed by atoms with E-state index in [1.54, 1.807) is 13.8 Å². The van der Waals surface area contributed by atoms with Crippen LogP contribution < -0.4 is 0 Å². The molecule has 0 unspecified atom stereocenters. The van der Waals surface area contributed by atoms with E-state index >= 15 is 0 Å². The maximum absolute atomic E-state index is 12.7. The largest absolute Gasteiger partial charge is 0.465 e. The molecule has 2 rings (SSSR count). The monoisotopic (exact) mass is 371 g/mol. The second-order valence-corrected chi connectivity index (χ2v) is 6.34. The molecule has 6 heteroatoms. The Balaban J connectivity index is 2.46. The Morgan fingerprint density at radius 1 is 1.30 bits per heavy atom. The summed E-state index contributed by atoms with van der Waals surface area (Å²) in [6.45, 7) is 8.93. The smallest absolute Gasteiger partial charge is 0.336 e. The van der Waals surface area contributed by atoms with Gasteiger partial charge in [-0.2, -0.15) is 0 Å². The molecule has 27 heavy (non-hydrogen) atoms. The lowest BCUT2D eigenvalue weighted by atomic mass is 9.83. The van der Waals surface area contributed by atoms with E-state index in [9.17, 15) is 14.4 Å². The van der Waals surface area contributed by atoms with Crippen molar-refractivity contribution in [1.29, 1.82) is 0 Å². The van der Waals surface area contributed by atoms with Gasteiger partial charge in [0.05, 0.1) is 12.2 Å². The summed E-state index contributed by atoms with van der Waals surface area (Å²) >= 11 is 0. The minimum absolute atomic E-state index is 0.0714. The predicted octanol–water partition coefficient (Wildman–Crippen LogP) is 2.88. The molecule has 1 atom stereocenters. The Labute approximate surface area is 159 Å². The van der Waals surface area contributed by atoms with Gasteiger partial charge in [-0.25, -0.2) is 4.79 Å². The normalized spacial score (nSPS) is 16.9. The topological polar surface area (TPSA) is 72.9 Å². The molecular formula is C21H25NO5. The lowest BCUT2D eigenvalue weighted by molar-refractivity contribution is -0.149. The Morgan fingerprint density at radius 2 is 2.04 bits per heavy atom. The van der Waals surface area contributed by atoms with Crippen molar-refractivity contribution in [2.45, 2.75) is 33.1 Å². The molecule has 6 nitrogen and oxygen atoms in total.